The van der Waals surface area contributed by atoms with Gasteiger partial charge >= 0.3 is 0 Å². The van der Waals surface area contributed by atoms with Gasteiger partial charge in [0.05, 0.1) is 4.92 Å². The molecule has 0 aromatic heterocycles. The number of non-ortho nitro benzene ring substituents is 1. The van der Waals surface area contributed by atoms with Gasteiger partial charge in [-0.05, 0) is 24.8 Å². The molecule has 0 N–H and O–H groups in total. The van der Waals surface area contributed by atoms with Crippen molar-refractivity contribution in [2.75, 3.05) is 32.2 Å². The molecule has 0 atom stereocenters. The van der Waals surface area contributed by atoms with E-state index in [1.807, 2.05) is 6.07 Å². The van der Waals surface area contributed by atoms with Crippen LogP contribution in [0.25, 0.3) is 0 Å². The van der Waals surface area contributed by atoms with Crippen molar-refractivity contribution in [2.24, 2.45) is 5.92 Å². The summed E-state index contributed by atoms with van der Waals surface area (Å²) in [6.45, 7) is 1.82. The Morgan fingerprint density at radius 2 is 2.00 bits per heavy atom. The molecule has 1 aromatic carbocycles. The minimum Gasteiger partial charge on any atom is -0.371 e. The van der Waals surface area contributed by atoms with Crippen LogP contribution in [-0.2, 0) is 9.47 Å². The number of ether oxygens (including phenoxy) is 2. The van der Waals surface area contributed by atoms with Crippen molar-refractivity contribution < 1.29 is 14.4 Å². The molecule has 1 fully saturated rings. The Hall–Kier alpha value is -1.66. The van der Waals surface area contributed by atoms with Gasteiger partial charge in [0, 0.05) is 51.6 Å². The number of benzene rings is 1. The molecule has 0 bridgehead atoms. The van der Waals surface area contributed by atoms with Crippen LogP contribution < -0.4 is 4.90 Å². The van der Waals surface area contributed by atoms with Gasteiger partial charge in [0.25, 0.3) is 5.69 Å². The monoisotopic (exact) mass is 294 g/mol. The number of rotatable bonds is 6. The first kappa shape index (κ1) is 15.7. The number of nitro groups is 1. The topological polar surface area (TPSA) is 64.8 Å². The second-order valence-corrected chi connectivity index (χ2v) is 5.34. The zero-order chi connectivity index (χ0) is 15.2. The van der Waals surface area contributed by atoms with E-state index in [1.54, 1.807) is 26.4 Å². The summed E-state index contributed by atoms with van der Waals surface area (Å²) in [5.41, 5.74) is 1.08. The Kier molecular flexibility index (Phi) is 5.52. The summed E-state index contributed by atoms with van der Waals surface area (Å²) in [6, 6.07) is 6.84. The molecular weight excluding hydrogens is 272 g/mol. The third kappa shape index (κ3) is 4.15. The van der Waals surface area contributed by atoms with Crippen molar-refractivity contribution in [1.29, 1.82) is 0 Å². The van der Waals surface area contributed by atoms with Crippen molar-refractivity contribution in [3.05, 3.63) is 34.4 Å². The molecule has 1 aliphatic rings. The second kappa shape index (κ2) is 7.38. The quantitative estimate of drug-likeness (QED) is 0.458. The predicted molar refractivity (Wildman–Crippen MR) is 80.5 cm³/mol. The Labute approximate surface area is 124 Å². The zero-order valence-corrected chi connectivity index (χ0v) is 12.5. The van der Waals surface area contributed by atoms with E-state index in [0.29, 0.717) is 5.92 Å². The van der Waals surface area contributed by atoms with Crippen LogP contribution in [0.3, 0.4) is 0 Å². The molecule has 0 spiro atoms. The molecule has 6 heteroatoms. The van der Waals surface area contributed by atoms with Crippen molar-refractivity contribution in [3.8, 4) is 0 Å². The first-order valence-corrected chi connectivity index (χ1v) is 7.19. The highest BCUT2D eigenvalue weighted by Gasteiger charge is 2.23. The second-order valence-electron chi connectivity index (χ2n) is 5.34. The van der Waals surface area contributed by atoms with Gasteiger partial charge in [-0.15, -0.1) is 0 Å². The number of anilines is 1. The van der Waals surface area contributed by atoms with E-state index in [0.717, 1.165) is 38.0 Å². The number of nitro benzene ring substituents is 1. The summed E-state index contributed by atoms with van der Waals surface area (Å²) in [7, 11) is 3.32. The number of hydrogen-bond acceptors (Lipinski definition) is 5. The molecular formula is C15H22N2O4. The predicted octanol–water partition coefficient (Wildman–Crippen LogP) is 2.82. The molecule has 2 rings (SSSR count). The van der Waals surface area contributed by atoms with Gasteiger partial charge in [0.15, 0.2) is 6.29 Å². The lowest BCUT2D eigenvalue weighted by molar-refractivity contribution is -0.384. The van der Waals surface area contributed by atoms with Crippen LogP contribution in [0.4, 0.5) is 11.4 Å². The molecule has 0 saturated carbocycles. The lowest BCUT2D eigenvalue weighted by Crippen LogP contribution is -2.35. The number of methoxy groups -OCH3 is 2. The highest BCUT2D eigenvalue weighted by Crippen LogP contribution is 2.28. The lowest BCUT2D eigenvalue weighted by Gasteiger charge is -2.34. The fourth-order valence-electron chi connectivity index (χ4n) is 2.79. The molecule has 1 aliphatic heterocycles. The van der Waals surface area contributed by atoms with Crippen molar-refractivity contribution >= 4 is 11.4 Å². The molecule has 21 heavy (non-hydrogen) atoms. The van der Waals surface area contributed by atoms with Crippen LogP contribution in [0, 0.1) is 16.0 Å². The third-order valence-electron chi connectivity index (χ3n) is 4.07. The lowest BCUT2D eigenvalue weighted by atomic mass is 9.93. The zero-order valence-electron chi connectivity index (χ0n) is 12.5. The molecule has 0 radical (unpaired) electrons. The molecule has 1 heterocycles. The summed E-state index contributed by atoms with van der Waals surface area (Å²) >= 11 is 0. The minimum absolute atomic E-state index is 0.139. The molecule has 1 aromatic rings. The van der Waals surface area contributed by atoms with E-state index in [1.165, 1.54) is 6.07 Å². The largest absolute Gasteiger partial charge is 0.371 e. The summed E-state index contributed by atoms with van der Waals surface area (Å²) in [4.78, 5) is 12.7. The van der Waals surface area contributed by atoms with Gasteiger partial charge in [0.1, 0.15) is 0 Å². The van der Waals surface area contributed by atoms with Crippen LogP contribution >= 0.6 is 0 Å². The molecule has 116 valence electrons. The molecule has 0 aliphatic carbocycles. The van der Waals surface area contributed by atoms with Gasteiger partial charge in [-0.3, -0.25) is 10.1 Å². The first-order valence-electron chi connectivity index (χ1n) is 7.19. The van der Waals surface area contributed by atoms with Crippen LogP contribution in [-0.4, -0.2) is 38.5 Å². The van der Waals surface area contributed by atoms with Crippen molar-refractivity contribution in [1.82, 2.24) is 0 Å². The van der Waals surface area contributed by atoms with Gasteiger partial charge in [-0.2, -0.15) is 0 Å². The maximum Gasteiger partial charge on any atom is 0.271 e. The van der Waals surface area contributed by atoms with Crippen molar-refractivity contribution in [3.63, 3.8) is 0 Å². The Morgan fingerprint density at radius 1 is 1.33 bits per heavy atom. The maximum atomic E-state index is 10.8. The fourth-order valence-corrected chi connectivity index (χ4v) is 2.79. The van der Waals surface area contributed by atoms with Crippen LogP contribution in [0.2, 0.25) is 0 Å². The summed E-state index contributed by atoms with van der Waals surface area (Å²) in [5.74, 6) is 0.574. The normalized spacial score (nSPS) is 16.4. The van der Waals surface area contributed by atoms with Crippen molar-refractivity contribution in [2.45, 2.75) is 25.6 Å². The average Bonchev–Trinajstić information content (AvgIpc) is 2.53. The summed E-state index contributed by atoms with van der Waals surface area (Å²) in [6.07, 6.45) is 2.85. The standard InChI is InChI=1S/C15H22N2O4/c1-20-15(21-2)10-12-6-8-16(9-7-12)13-4-3-5-14(11-13)17(18)19/h3-5,11-12,15H,6-10H2,1-2H3. The minimum atomic E-state index is -0.349. The Bertz CT molecular complexity index is 468. The van der Waals surface area contributed by atoms with E-state index in [4.69, 9.17) is 9.47 Å². The van der Waals surface area contributed by atoms with E-state index in [9.17, 15) is 10.1 Å². The molecule has 0 amide bonds. The van der Waals surface area contributed by atoms with E-state index >= 15 is 0 Å². The van der Waals surface area contributed by atoms with Gasteiger partial charge in [-0.25, -0.2) is 0 Å². The summed E-state index contributed by atoms with van der Waals surface area (Å²) < 4.78 is 10.5. The number of hydrogen-bond donors (Lipinski definition) is 0. The molecule has 1 saturated heterocycles. The highest BCUT2D eigenvalue weighted by molar-refractivity contribution is 5.53. The van der Waals surface area contributed by atoms with Crippen LogP contribution in [0.5, 0.6) is 0 Å². The van der Waals surface area contributed by atoms with Gasteiger partial charge < -0.3 is 14.4 Å². The van der Waals surface area contributed by atoms with Gasteiger partial charge in [-0.1, -0.05) is 6.07 Å². The third-order valence-corrected chi connectivity index (χ3v) is 4.07. The Balaban J connectivity index is 1.92. The fraction of sp³-hybridized carbons (Fsp3) is 0.600. The van der Waals surface area contributed by atoms with Crippen LogP contribution in [0.1, 0.15) is 19.3 Å². The van der Waals surface area contributed by atoms with Crippen LogP contribution in [0.15, 0.2) is 24.3 Å². The van der Waals surface area contributed by atoms with E-state index in [-0.39, 0.29) is 16.9 Å². The maximum absolute atomic E-state index is 10.8. The van der Waals surface area contributed by atoms with E-state index < -0.39 is 0 Å². The molecule has 0 unspecified atom stereocenters. The average molecular weight is 294 g/mol. The number of piperidine rings is 1. The number of nitrogens with zero attached hydrogens (tertiary/aromatic N) is 2. The summed E-state index contributed by atoms with van der Waals surface area (Å²) in [5, 5.41) is 10.8. The molecule has 6 nitrogen and oxygen atoms in total. The smallest absolute Gasteiger partial charge is 0.271 e. The first-order chi connectivity index (χ1) is 10.1. The van der Waals surface area contributed by atoms with E-state index in [2.05, 4.69) is 4.90 Å². The van der Waals surface area contributed by atoms with Gasteiger partial charge in [0.2, 0.25) is 0 Å². The highest BCUT2D eigenvalue weighted by atomic mass is 16.7. The Morgan fingerprint density at radius 3 is 2.57 bits per heavy atom. The SMILES string of the molecule is COC(CC1CCN(c2cccc([N+](=O)[O-])c2)CC1)OC.